The number of unbranched alkanes of at least 4 members (excludes halogenated alkanes) is 1. The van der Waals surface area contributed by atoms with Gasteiger partial charge in [0, 0.05) is 47.5 Å². The maximum atomic E-state index is 12.1. The summed E-state index contributed by atoms with van der Waals surface area (Å²) < 4.78 is 17.9. The minimum atomic E-state index is -0.691. The van der Waals surface area contributed by atoms with Gasteiger partial charge in [-0.3, -0.25) is 9.20 Å². The molecule has 166 valence electrons. The fourth-order valence-corrected chi connectivity index (χ4v) is 4.88. The van der Waals surface area contributed by atoms with Crippen LogP contribution < -0.4 is 10.6 Å². The Morgan fingerprint density at radius 3 is 2.72 bits per heavy atom. The van der Waals surface area contributed by atoms with Crippen molar-refractivity contribution in [3.63, 3.8) is 0 Å². The molecule has 0 amide bonds. The van der Waals surface area contributed by atoms with Crippen LogP contribution in [0.4, 0.5) is 0 Å². The van der Waals surface area contributed by atoms with Crippen LogP contribution in [0.15, 0.2) is 35.3 Å². The summed E-state index contributed by atoms with van der Waals surface area (Å²) >= 11 is 0. The molecule has 1 aliphatic carbocycles. The van der Waals surface area contributed by atoms with Gasteiger partial charge in [0.1, 0.15) is 0 Å². The quantitative estimate of drug-likeness (QED) is 0.193. The molecule has 0 spiro atoms. The number of ether oxygens (including phenoxy) is 1. The molecule has 1 aliphatic rings. The molecule has 0 heterocycles. The van der Waals surface area contributed by atoms with E-state index < -0.39 is 10.8 Å². The number of halogens is 1. The second kappa shape index (κ2) is 16.1. The monoisotopic (exact) mass is 535 g/mol. The summed E-state index contributed by atoms with van der Waals surface area (Å²) in [5.74, 6) is 1.65. The van der Waals surface area contributed by atoms with Crippen molar-refractivity contribution in [3.05, 3.63) is 35.9 Å². The van der Waals surface area contributed by atoms with Gasteiger partial charge in [-0.05, 0) is 44.6 Å². The lowest BCUT2D eigenvalue weighted by molar-refractivity contribution is 0.117. The Bertz CT molecular complexity index is 601. The average Bonchev–Trinajstić information content (AvgIpc) is 2.73. The fraction of sp³-hybridized carbons (Fsp3) is 0.682. The lowest BCUT2D eigenvalue weighted by Gasteiger charge is -2.30. The van der Waals surface area contributed by atoms with Gasteiger partial charge in [-0.25, -0.2) is 0 Å². The van der Waals surface area contributed by atoms with Crippen LogP contribution in [0.25, 0.3) is 0 Å². The maximum Gasteiger partial charge on any atom is 0.191 e. The van der Waals surface area contributed by atoms with Crippen LogP contribution in [-0.4, -0.2) is 46.9 Å². The highest BCUT2D eigenvalue weighted by atomic mass is 127. The Morgan fingerprint density at radius 2 is 2.00 bits per heavy atom. The van der Waals surface area contributed by atoms with Gasteiger partial charge in [-0.15, -0.1) is 24.0 Å². The molecule has 0 saturated heterocycles. The van der Waals surface area contributed by atoms with Crippen LogP contribution in [-0.2, 0) is 22.1 Å². The third-order valence-electron chi connectivity index (χ3n) is 5.05. The maximum absolute atomic E-state index is 12.1. The Balaban J connectivity index is 0.00000420. The molecule has 0 aromatic heterocycles. The van der Waals surface area contributed by atoms with E-state index in [9.17, 15) is 4.21 Å². The predicted molar refractivity (Wildman–Crippen MR) is 135 cm³/mol. The van der Waals surface area contributed by atoms with Crippen molar-refractivity contribution in [1.82, 2.24) is 10.6 Å². The Hall–Kier alpha value is -0.670. The number of guanidine groups is 1. The Labute approximate surface area is 196 Å². The number of aliphatic imine (C=N–C) groups is 1. The topological polar surface area (TPSA) is 62.7 Å². The van der Waals surface area contributed by atoms with Crippen molar-refractivity contribution in [2.75, 3.05) is 25.4 Å². The summed E-state index contributed by atoms with van der Waals surface area (Å²) in [7, 11) is -0.691. The summed E-state index contributed by atoms with van der Waals surface area (Å²) in [6.07, 6.45) is 6.38. The van der Waals surface area contributed by atoms with E-state index in [1.807, 2.05) is 25.1 Å². The molecule has 1 fully saturated rings. The minimum Gasteiger partial charge on any atom is -0.377 e. The molecule has 0 radical (unpaired) electrons. The van der Waals surface area contributed by atoms with E-state index in [0.717, 1.165) is 69.9 Å². The molecule has 2 rings (SSSR count). The molecule has 0 bridgehead atoms. The van der Waals surface area contributed by atoms with Gasteiger partial charge >= 0.3 is 0 Å². The molecule has 7 heteroatoms. The first-order chi connectivity index (χ1) is 13.7. The second-order valence-electron chi connectivity index (χ2n) is 7.31. The zero-order valence-electron chi connectivity index (χ0n) is 17.9. The lowest BCUT2D eigenvalue weighted by atomic mass is 9.95. The molecule has 3 unspecified atom stereocenters. The van der Waals surface area contributed by atoms with Crippen molar-refractivity contribution in [2.24, 2.45) is 4.99 Å². The summed E-state index contributed by atoms with van der Waals surface area (Å²) in [5.41, 5.74) is 1.22. The minimum absolute atomic E-state index is 0. The average molecular weight is 536 g/mol. The van der Waals surface area contributed by atoms with E-state index in [2.05, 4.69) is 29.7 Å². The first kappa shape index (κ1) is 26.4. The van der Waals surface area contributed by atoms with Gasteiger partial charge < -0.3 is 15.4 Å². The van der Waals surface area contributed by atoms with Crippen LogP contribution in [0, 0.1) is 0 Å². The van der Waals surface area contributed by atoms with Gasteiger partial charge in [0.25, 0.3) is 0 Å². The molecule has 29 heavy (non-hydrogen) atoms. The van der Waals surface area contributed by atoms with Crippen LogP contribution >= 0.6 is 24.0 Å². The molecule has 2 N–H and O–H groups in total. The molecule has 0 aliphatic heterocycles. The highest BCUT2D eigenvalue weighted by Crippen LogP contribution is 2.22. The lowest BCUT2D eigenvalue weighted by Crippen LogP contribution is -2.46. The van der Waals surface area contributed by atoms with E-state index in [1.54, 1.807) is 0 Å². The third kappa shape index (κ3) is 10.8. The van der Waals surface area contributed by atoms with Crippen molar-refractivity contribution < 1.29 is 8.95 Å². The Kier molecular flexibility index (Phi) is 14.6. The molecule has 1 aromatic carbocycles. The zero-order valence-corrected chi connectivity index (χ0v) is 21.0. The van der Waals surface area contributed by atoms with Gasteiger partial charge in [0.15, 0.2) is 5.96 Å². The van der Waals surface area contributed by atoms with Gasteiger partial charge in [0.2, 0.25) is 0 Å². The van der Waals surface area contributed by atoms with Crippen LogP contribution in [0.1, 0.15) is 57.9 Å². The normalized spacial score (nSPS) is 20.6. The number of benzene rings is 1. The van der Waals surface area contributed by atoms with Crippen LogP contribution in [0.2, 0.25) is 0 Å². The summed E-state index contributed by atoms with van der Waals surface area (Å²) in [6.45, 7) is 7.19. The van der Waals surface area contributed by atoms with Crippen LogP contribution in [0.5, 0.6) is 0 Å². The number of hydrogen-bond acceptors (Lipinski definition) is 3. The first-order valence-electron chi connectivity index (χ1n) is 10.8. The van der Waals surface area contributed by atoms with Crippen molar-refractivity contribution in [3.8, 4) is 0 Å². The van der Waals surface area contributed by atoms with E-state index in [4.69, 9.17) is 9.73 Å². The summed E-state index contributed by atoms with van der Waals surface area (Å²) in [6, 6.07) is 10.7. The SMILES string of the molecule is CCNC(=NCCCCOCc1ccccc1)NC1CCCC(S(=O)CC)C1.I. The molecular formula is C22H38IN3O2S. The number of nitrogens with zero attached hydrogens (tertiary/aromatic N) is 1. The largest absolute Gasteiger partial charge is 0.377 e. The molecular weight excluding hydrogens is 497 g/mol. The number of rotatable bonds is 11. The second-order valence-corrected chi connectivity index (χ2v) is 9.31. The van der Waals surface area contributed by atoms with Gasteiger partial charge in [-0.2, -0.15) is 0 Å². The fourth-order valence-electron chi connectivity index (χ4n) is 3.53. The Morgan fingerprint density at radius 1 is 1.21 bits per heavy atom. The van der Waals surface area contributed by atoms with Crippen LogP contribution in [0.3, 0.4) is 0 Å². The molecule has 5 nitrogen and oxygen atoms in total. The molecule has 3 atom stereocenters. The summed E-state index contributed by atoms with van der Waals surface area (Å²) in [4.78, 5) is 4.72. The van der Waals surface area contributed by atoms with E-state index in [-0.39, 0.29) is 24.0 Å². The smallest absolute Gasteiger partial charge is 0.191 e. The van der Waals surface area contributed by atoms with Crippen molar-refractivity contribution in [2.45, 2.75) is 70.3 Å². The highest BCUT2D eigenvalue weighted by Gasteiger charge is 2.25. The predicted octanol–water partition coefficient (Wildman–Crippen LogP) is 4.24. The number of hydrogen-bond donors (Lipinski definition) is 2. The molecule has 1 saturated carbocycles. The standard InChI is InChI=1S/C22H37N3O2S.HI/c1-3-23-22(25-20-13-10-14-21(17-20)28(26)4-2)24-15-8-9-16-27-18-19-11-6-5-7-12-19;/h5-7,11-12,20-21H,3-4,8-10,13-18H2,1-2H3,(H2,23,24,25);1H. The van der Waals surface area contributed by atoms with E-state index in [0.29, 0.717) is 17.9 Å². The third-order valence-corrected chi connectivity index (χ3v) is 6.79. The van der Waals surface area contributed by atoms with Crippen molar-refractivity contribution >= 4 is 40.7 Å². The van der Waals surface area contributed by atoms with Gasteiger partial charge in [-0.1, -0.05) is 43.7 Å². The highest BCUT2D eigenvalue weighted by molar-refractivity contribution is 14.0. The summed E-state index contributed by atoms with van der Waals surface area (Å²) in [5, 5.41) is 7.24. The first-order valence-corrected chi connectivity index (χ1v) is 12.1. The van der Waals surface area contributed by atoms with Gasteiger partial charge in [0.05, 0.1) is 6.61 Å². The van der Waals surface area contributed by atoms with E-state index >= 15 is 0 Å². The zero-order chi connectivity index (χ0) is 20.0. The number of nitrogens with one attached hydrogen (secondary N) is 2. The van der Waals surface area contributed by atoms with Crippen molar-refractivity contribution in [1.29, 1.82) is 0 Å². The molecule has 1 aromatic rings. The van der Waals surface area contributed by atoms with E-state index in [1.165, 1.54) is 5.56 Å².